The summed E-state index contributed by atoms with van der Waals surface area (Å²) in [5, 5.41) is 9.67. The fourth-order valence-electron chi connectivity index (χ4n) is 14.2. The van der Waals surface area contributed by atoms with Gasteiger partial charge in [-0.25, -0.2) is 9.67 Å². The van der Waals surface area contributed by atoms with Gasteiger partial charge in [0.05, 0.1) is 43.1 Å². The van der Waals surface area contributed by atoms with E-state index in [0.717, 1.165) is 62.6 Å². The highest BCUT2D eigenvalue weighted by molar-refractivity contribution is 6.02. The van der Waals surface area contributed by atoms with Gasteiger partial charge in [0.1, 0.15) is 6.10 Å². The Balaban J connectivity index is 1.28. The van der Waals surface area contributed by atoms with Crippen LogP contribution >= 0.6 is 0 Å². The van der Waals surface area contributed by atoms with E-state index < -0.39 is 22.8 Å². The molecule has 5 aliphatic carbocycles. The molecule has 58 heavy (non-hydrogen) atoms. The van der Waals surface area contributed by atoms with Gasteiger partial charge in [0, 0.05) is 35.4 Å². The Labute approximate surface area is 344 Å². The Bertz CT molecular complexity index is 2090. The number of carboxylic acids is 1. The van der Waals surface area contributed by atoms with E-state index in [1.165, 1.54) is 5.57 Å². The number of nitrogens with two attached hydrogens (primary N) is 1. The zero-order valence-corrected chi connectivity index (χ0v) is 36.9. The van der Waals surface area contributed by atoms with E-state index in [4.69, 9.17) is 15.2 Å². The summed E-state index contributed by atoms with van der Waals surface area (Å²) in [5.74, 6) is 0.246. The minimum absolute atomic E-state index is 0.00811. The second-order valence-electron chi connectivity index (χ2n) is 21.0. The number of carboxylic acid groups (broad SMARTS) is 1. The minimum Gasteiger partial charge on any atom is -0.481 e. The van der Waals surface area contributed by atoms with Crippen molar-refractivity contribution in [3.63, 3.8) is 0 Å². The lowest BCUT2D eigenvalue weighted by Crippen LogP contribution is -2.66. The molecule has 318 valence electrons. The lowest BCUT2D eigenvalue weighted by atomic mass is 9.33. The highest BCUT2D eigenvalue weighted by atomic mass is 16.5. The lowest BCUT2D eigenvalue weighted by molar-refractivity contribution is -0.232. The average molecular weight is 801 g/mol. The maximum atomic E-state index is 14.6. The maximum absolute atomic E-state index is 14.6. The van der Waals surface area contributed by atoms with Crippen LogP contribution in [0.2, 0.25) is 0 Å². The van der Waals surface area contributed by atoms with Crippen molar-refractivity contribution in [1.29, 1.82) is 0 Å². The van der Waals surface area contributed by atoms with E-state index in [1.807, 2.05) is 13.0 Å². The molecular weight excluding hydrogens is 733 g/mol. The normalized spacial score (nSPS) is 34.3. The van der Waals surface area contributed by atoms with Gasteiger partial charge in [-0.3, -0.25) is 23.9 Å². The van der Waals surface area contributed by atoms with Crippen LogP contribution in [0.5, 0.6) is 5.88 Å². The summed E-state index contributed by atoms with van der Waals surface area (Å²) in [6, 6.07) is 3.62. The number of esters is 1. The molecule has 2 aromatic rings. The molecule has 8 atom stereocenters. The van der Waals surface area contributed by atoms with Crippen molar-refractivity contribution in [2.24, 2.45) is 56.5 Å². The zero-order valence-electron chi connectivity index (χ0n) is 36.9. The molecule has 5 aliphatic rings. The number of hydrogen-bond acceptors (Lipinski definition) is 8. The number of pyridine rings is 1. The SMILES string of the molecule is COc1ccc(-n2c(=O)c(C)c([C@@]34CC[C@]5(C)[C@H](CC[C@@H]6C7(C)CC[C@H](OC(=O)CC(C)(C)C(=O)O)C(C)(C)[C@@H]7CC[C@]65C)C3=C(C(C)C)C(=O)C4)n2CCN)cn1. The van der Waals surface area contributed by atoms with Crippen molar-refractivity contribution < 1.29 is 29.0 Å². The summed E-state index contributed by atoms with van der Waals surface area (Å²) in [6.07, 6.45) is 9.13. The molecule has 0 bridgehead atoms. The number of carbonyl (C=O) groups excluding carboxylic acids is 2. The van der Waals surface area contributed by atoms with Crippen LogP contribution in [0, 0.1) is 57.7 Å². The molecule has 0 radical (unpaired) electrons. The van der Waals surface area contributed by atoms with Crippen LogP contribution in [0.15, 0.2) is 34.3 Å². The fraction of sp³-hybridized carbons (Fsp3) is 0.723. The summed E-state index contributed by atoms with van der Waals surface area (Å²) in [5.41, 5.74) is 8.57. The number of fused-ring (bicyclic) bond motifs is 7. The van der Waals surface area contributed by atoms with Crippen molar-refractivity contribution in [2.75, 3.05) is 13.7 Å². The molecule has 2 aromatic heterocycles. The van der Waals surface area contributed by atoms with Gasteiger partial charge in [-0.1, -0.05) is 48.5 Å². The topological polar surface area (TPSA) is 156 Å². The molecule has 11 heteroatoms. The summed E-state index contributed by atoms with van der Waals surface area (Å²) < 4.78 is 15.3. The number of aliphatic carboxylic acids is 1. The van der Waals surface area contributed by atoms with E-state index in [9.17, 15) is 24.3 Å². The van der Waals surface area contributed by atoms with Crippen LogP contribution in [-0.4, -0.2) is 56.9 Å². The van der Waals surface area contributed by atoms with Crippen LogP contribution in [0.25, 0.3) is 5.69 Å². The number of allylic oxidation sites excluding steroid dienone is 2. The van der Waals surface area contributed by atoms with Crippen molar-refractivity contribution in [3.05, 3.63) is 51.1 Å². The second-order valence-corrected chi connectivity index (χ2v) is 21.0. The Morgan fingerprint density at radius 2 is 1.69 bits per heavy atom. The smallest absolute Gasteiger partial charge is 0.309 e. The highest BCUT2D eigenvalue weighted by Gasteiger charge is 2.71. The number of rotatable bonds is 10. The quantitative estimate of drug-likeness (QED) is 0.228. The predicted octanol–water partition coefficient (Wildman–Crippen LogP) is 7.95. The third-order valence-corrected chi connectivity index (χ3v) is 17.1. The Hall–Kier alpha value is -3.73. The number of ketones is 1. The van der Waals surface area contributed by atoms with Crippen molar-refractivity contribution in [3.8, 4) is 11.6 Å². The summed E-state index contributed by atoms with van der Waals surface area (Å²) in [4.78, 5) is 58.4. The number of nitrogens with zero attached hydrogens (tertiary/aromatic N) is 3. The molecule has 0 saturated heterocycles. The number of methoxy groups -OCH3 is 1. The Morgan fingerprint density at radius 3 is 2.29 bits per heavy atom. The van der Waals surface area contributed by atoms with Crippen LogP contribution in [0.1, 0.15) is 138 Å². The summed E-state index contributed by atoms with van der Waals surface area (Å²) >= 11 is 0. The van der Waals surface area contributed by atoms with Gasteiger partial charge >= 0.3 is 11.9 Å². The number of Topliss-reactive ketones (excluding diaryl/α,β-unsaturated/α-hetero) is 1. The van der Waals surface area contributed by atoms with E-state index in [1.54, 1.807) is 37.9 Å². The monoisotopic (exact) mass is 801 g/mol. The third kappa shape index (κ3) is 5.93. The summed E-state index contributed by atoms with van der Waals surface area (Å²) in [7, 11) is 1.57. The molecule has 4 fully saturated rings. The average Bonchev–Trinajstić information content (AvgIpc) is 3.58. The number of carbonyl (C=O) groups is 3. The third-order valence-electron chi connectivity index (χ3n) is 17.1. The van der Waals surface area contributed by atoms with Crippen molar-refractivity contribution >= 4 is 17.7 Å². The molecule has 7 rings (SSSR count). The molecule has 4 saturated carbocycles. The first-order chi connectivity index (χ1) is 27.1. The Morgan fingerprint density at radius 1 is 0.983 bits per heavy atom. The van der Waals surface area contributed by atoms with E-state index >= 15 is 0 Å². The predicted molar refractivity (Wildman–Crippen MR) is 223 cm³/mol. The van der Waals surface area contributed by atoms with E-state index in [0.29, 0.717) is 48.5 Å². The van der Waals surface area contributed by atoms with Gasteiger partial charge in [0.25, 0.3) is 5.56 Å². The molecule has 0 amide bonds. The molecule has 2 heterocycles. The summed E-state index contributed by atoms with van der Waals surface area (Å²) in [6.45, 7) is 22.3. The van der Waals surface area contributed by atoms with Crippen molar-refractivity contribution in [2.45, 2.75) is 152 Å². The van der Waals surface area contributed by atoms with Gasteiger partial charge in [-0.2, -0.15) is 0 Å². The van der Waals surface area contributed by atoms with Crippen LogP contribution in [0.3, 0.4) is 0 Å². The van der Waals surface area contributed by atoms with E-state index in [2.05, 4.69) is 58.1 Å². The zero-order chi connectivity index (χ0) is 42.5. The lowest BCUT2D eigenvalue weighted by Gasteiger charge is -2.72. The molecule has 1 unspecified atom stereocenters. The largest absolute Gasteiger partial charge is 0.481 e. The van der Waals surface area contributed by atoms with Gasteiger partial charge in [0.15, 0.2) is 5.78 Å². The molecular formula is C47H68N4O7. The van der Waals surface area contributed by atoms with Gasteiger partial charge in [0.2, 0.25) is 5.88 Å². The number of hydrogen-bond donors (Lipinski definition) is 2. The molecule has 3 N–H and O–H groups in total. The van der Waals surface area contributed by atoms with Crippen LogP contribution in [-0.2, 0) is 31.1 Å². The van der Waals surface area contributed by atoms with Crippen molar-refractivity contribution in [1.82, 2.24) is 14.3 Å². The van der Waals surface area contributed by atoms with Gasteiger partial charge in [-0.05, 0) is 129 Å². The van der Waals surface area contributed by atoms with Crippen LogP contribution < -0.4 is 16.0 Å². The fourth-order valence-corrected chi connectivity index (χ4v) is 14.2. The number of aromatic nitrogens is 3. The standard InChI is InChI=1S/C47H68N4O7/c1-27(2)37-31(52)24-47(39-28(3)40(54)51(50(39)23-22-48)29-12-15-35(57-11)49-26-29)21-20-45(9)30(38(37)47)13-14-33-44(8)18-17-34(58-36(53)25-42(4,5)41(55)56)43(6,7)32(44)16-19-46(33,45)10/h12,15,26-27,30,32-34H,13-14,16-25,48H2,1-11H3,(H,55,56)/t30-,32+,33-,34+,44?,45-,46-,47-/m1/s1. The molecule has 0 spiro atoms. The second kappa shape index (κ2) is 14.2. The molecule has 11 nitrogen and oxygen atoms in total. The first kappa shape index (κ1) is 42.4. The van der Waals surface area contributed by atoms with Gasteiger partial charge < -0.3 is 20.3 Å². The van der Waals surface area contributed by atoms with Crippen LogP contribution in [0.4, 0.5) is 0 Å². The minimum atomic E-state index is -1.18. The Kier molecular flexibility index (Phi) is 10.4. The molecule has 0 aromatic carbocycles. The highest BCUT2D eigenvalue weighted by Crippen LogP contribution is 2.77. The number of ether oxygens (including phenoxy) is 2. The molecule has 0 aliphatic heterocycles. The first-order valence-electron chi connectivity index (χ1n) is 21.8. The van der Waals surface area contributed by atoms with E-state index in [-0.39, 0.29) is 57.4 Å². The first-order valence-corrected chi connectivity index (χ1v) is 21.8. The maximum Gasteiger partial charge on any atom is 0.309 e. The van der Waals surface area contributed by atoms with Gasteiger partial charge in [-0.15, -0.1) is 0 Å².